The average Bonchev–Trinajstić information content (AvgIpc) is 2.46. The van der Waals surface area contributed by atoms with Gasteiger partial charge < -0.3 is 9.64 Å². The summed E-state index contributed by atoms with van der Waals surface area (Å²) in [6, 6.07) is 2.66. The molecule has 0 N–H and O–H groups in total. The molecule has 114 valence electrons. The molecule has 1 aromatic carbocycles. The fraction of sp³-hybridized carbons (Fsp3) is 0.462. The summed E-state index contributed by atoms with van der Waals surface area (Å²) in [6.45, 7) is 2.43. The maximum Gasteiger partial charge on any atom is 0.282 e. The van der Waals surface area contributed by atoms with Crippen LogP contribution >= 0.6 is 15.9 Å². The van der Waals surface area contributed by atoms with Gasteiger partial charge in [0.15, 0.2) is 0 Å². The van der Waals surface area contributed by atoms with E-state index in [2.05, 4.69) is 15.9 Å². The van der Waals surface area contributed by atoms with Gasteiger partial charge in [0.1, 0.15) is 11.4 Å². The molecule has 2 atom stereocenters. The zero-order valence-corrected chi connectivity index (χ0v) is 12.9. The van der Waals surface area contributed by atoms with Gasteiger partial charge in [0.05, 0.1) is 23.7 Å². The molecule has 2 unspecified atom stereocenters. The van der Waals surface area contributed by atoms with Crippen molar-refractivity contribution in [1.82, 2.24) is 4.90 Å². The molecule has 21 heavy (non-hydrogen) atoms. The lowest BCUT2D eigenvalue weighted by Gasteiger charge is -2.37. The lowest BCUT2D eigenvalue weighted by Crippen LogP contribution is -2.51. The van der Waals surface area contributed by atoms with Gasteiger partial charge in [-0.15, -0.1) is 0 Å². The molecule has 1 heterocycles. The number of ether oxygens (including phenoxy) is 1. The minimum atomic E-state index is -0.681. The van der Waals surface area contributed by atoms with Crippen LogP contribution in [-0.4, -0.2) is 46.4 Å². The minimum absolute atomic E-state index is 0.183. The van der Waals surface area contributed by atoms with Crippen molar-refractivity contribution >= 4 is 27.5 Å². The molecular formula is C13H14BrFN2O4. The number of nitro groups is 1. The van der Waals surface area contributed by atoms with E-state index in [9.17, 15) is 19.3 Å². The lowest BCUT2D eigenvalue weighted by atomic mass is 10.1. The first-order valence-electron chi connectivity index (χ1n) is 6.36. The Balaban J connectivity index is 2.34. The summed E-state index contributed by atoms with van der Waals surface area (Å²) in [4.78, 5) is 24.3. The molecule has 0 aliphatic carbocycles. The van der Waals surface area contributed by atoms with Gasteiger partial charge >= 0.3 is 0 Å². The van der Waals surface area contributed by atoms with Crippen molar-refractivity contribution in [1.29, 1.82) is 0 Å². The molecule has 8 heteroatoms. The van der Waals surface area contributed by atoms with Crippen LogP contribution in [0.25, 0.3) is 0 Å². The molecule has 0 radical (unpaired) electrons. The van der Waals surface area contributed by atoms with Gasteiger partial charge in [-0.05, 0) is 19.1 Å². The number of halogens is 2. The van der Waals surface area contributed by atoms with E-state index in [1.54, 1.807) is 6.92 Å². The summed E-state index contributed by atoms with van der Waals surface area (Å²) in [6.07, 6.45) is -0.183. The molecule has 6 nitrogen and oxygen atoms in total. The van der Waals surface area contributed by atoms with E-state index in [1.165, 1.54) is 4.90 Å². The van der Waals surface area contributed by atoms with Crippen LogP contribution < -0.4 is 0 Å². The third-order valence-corrected chi connectivity index (χ3v) is 4.05. The third-order valence-electron chi connectivity index (χ3n) is 3.32. The van der Waals surface area contributed by atoms with E-state index in [0.29, 0.717) is 18.5 Å². The molecule has 0 bridgehead atoms. The van der Waals surface area contributed by atoms with Crippen LogP contribution in [0.5, 0.6) is 0 Å². The molecule has 1 amide bonds. The minimum Gasteiger partial charge on any atom is -0.373 e. The molecule has 0 saturated carbocycles. The summed E-state index contributed by atoms with van der Waals surface area (Å²) < 4.78 is 18.9. The Morgan fingerprint density at radius 2 is 2.33 bits per heavy atom. The van der Waals surface area contributed by atoms with Crippen LogP contribution in [0.3, 0.4) is 0 Å². The monoisotopic (exact) mass is 360 g/mol. The van der Waals surface area contributed by atoms with Crippen molar-refractivity contribution < 1.29 is 18.8 Å². The van der Waals surface area contributed by atoms with Crippen molar-refractivity contribution in [3.63, 3.8) is 0 Å². The van der Waals surface area contributed by atoms with E-state index >= 15 is 0 Å². The van der Waals surface area contributed by atoms with E-state index in [1.807, 2.05) is 0 Å². The maximum absolute atomic E-state index is 13.4. The zero-order valence-electron chi connectivity index (χ0n) is 11.3. The summed E-state index contributed by atoms with van der Waals surface area (Å²) in [5, 5.41) is 11.6. The van der Waals surface area contributed by atoms with Crippen LogP contribution in [-0.2, 0) is 4.74 Å². The van der Waals surface area contributed by atoms with Gasteiger partial charge in [0.2, 0.25) is 0 Å². The summed E-state index contributed by atoms with van der Waals surface area (Å²) in [5.41, 5.74) is -0.627. The largest absolute Gasteiger partial charge is 0.373 e. The molecule has 1 fully saturated rings. The molecule has 1 saturated heterocycles. The highest BCUT2D eigenvalue weighted by atomic mass is 79.9. The highest BCUT2D eigenvalue weighted by Crippen LogP contribution is 2.24. The molecule has 1 aromatic rings. The van der Waals surface area contributed by atoms with Gasteiger partial charge in [0.25, 0.3) is 11.6 Å². The second-order valence-corrected chi connectivity index (χ2v) is 5.48. The van der Waals surface area contributed by atoms with Crippen LogP contribution in [0.15, 0.2) is 18.2 Å². The van der Waals surface area contributed by atoms with E-state index in [-0.39, 0.29) is 17.7 Å². The van der Waals surface area contributed by atoms with Crippen molar-refractivity contribution in [2.24, 2.45) is 0 Å². The van der Waals surface area contributed by atoms with Crippen LogP contribution in [0.4, 0.5) is 10.1 Å². The fourth-order valence-electron chi connectivity index (χ4n) is 2.19. The normalized spacial score (nSPS) is 22.1. The summed E-state index contributed by atoms with van der Waals surface area (Å²) >= 11 is 3.28. The van der Waals surface area contributed by atoms with Gasteiger partial charge in [-0.3, -0.25) is 14.9 Å². The van der Waals surface area contributed by atoms with E-state index in [4.69, 9.17) is 4.74 Å². The Labute approximate surface area is 129 Å². The van der Waals surface area contributed by atoms with E-state index in [0.717, 1.165) is 18.2 Å². The van der Waals surface area contributed by atoms with Crippen molar-refractivity contribution in [3.05, 3.63) is 39.7 Å². The Kier molecular flexibility index (Phi) is 4.89. The molecule has 0 spiro atoms. The molecule has 2 rings (SSSR count). The van der Waals surface area contributed by atoms with Crippen molar-refractivity contribution in [2.75, 3.05) is 18.5 Å². The van der Waals surface area contributed by atoms with Crippen molar-refractivity contribution in [2.45, 2.75) is 19.1 Å². The van der Waals surface area contributed by atoms with Crippen LogP contribution in [0, 0.1) is 15.9 Å². The smallest absolute Gasteiger partial charge is 0.282 e. The van der Waals surface area contributed by atoms with Crippen LogP contribution in [0.2, 0.25) is 0 Å². The number of alkyl halides is 1. The first-order chi connectivity index (χ1) is 9.93. The highest BCUT2D eigenvalue weighted by molar-refractivity contribution is 9.09. The summed E-state index contributed by atoms with van der Waals surface area (Å²) in [7, 11) is 0. The standard InChI is InChI=1S/C13H14BrFN2O4/c1-8-7-21-10(5-14)6-16(8)13(18)11-4-9(15)2-3-12(11)17(19)20/h2-4,8,10H,5-7H2,1H3. The number of amides is 1. The number of hydrogen-bond acceptors (Lipinski definition) is 4. The summed E-state index contributed by atoms with van der Waals surface area (Å²) in [5.74, 6) is -1.23. The molecule has 1 aliphatic heterocycles. The highest BCUT2D eigenvalue weighted by Gasteiger charge is 2.33. The predicted molar refractivity (Wildman–Crippen MR) is 77.1 cm³/mol. The van der Waals surface area contributed by atoms with Gasteiger partial charge in [-0.25, -0.2) is 4.39 Å². The Morgan fingerprint density at radius 1 is 1.62 bits per heavy atom. The van der Waals surface area contributed by atoms with Gasteiger partial charge in [-0.1, -0.05) is 15.9 Å². The zero-order chi connectivity index (χ0) is 15.6. The first-order valence-corrected chi connectivity index (χ1v) is 7.48. The molecule has 0 aromatic heterocycles. The predicted octanol–water partition coefficient (Wildman–Crippen LogP) is 2.36. The average molecular weight is 361 g/mol. The Bertz CT molecular complexity index is 569. The van der Waals surface area contributed by atoms with Crippen LogP contribution in [0.1, 0.15) is 17.3 Å². The number of hydrogen-bond donors (Lipinski definition) is 0. The number of carbonyl (C=O) groups excluding carboxylic acids is 1. The van der Waals surface area contributed by atoms with E-state index < -0.39 is 22.3 Å². The maximum atomic E-state index is 13.4. The SMILES string of the molecule is CC1COC(CBr)CN1C(=O)c1cc(F)ccc1[N+](=O)[O-]. The van der Waals surface area contributed by atoms with Gasteiger partial charge in [-0.2, -0.15) is 0 Å². The second-order valence-electron chi connectivity index (χ2n) is 4.83. The number of nitrogens with zero attached hydrogens (tertiary/aromatic N) is 2. The third kappa shape index (κ3) is 3.38. The Hall–Kier alpha value is -1.54. The Morgan fingerprint density at radius 3 is 2.95 bits per heavy atom. The second kappa shape index (κ2) is 6.48. The lowest BCUT2D eigenvalue weighted by molar-refractivity contribution is -0.385. The first kappa shape index (κ1) is 15.8. The number of benzene rings is 1. The molecular weight excluding hydrogens is 347 g/mol. The number of rotatable bonds is 3. The topological polar surface area (TPSA) is 72.7 Å². The number of morpholine rings is 1. The number of carbonyl (C=O) groups is 1. The number of nitro benzene ring substituents is 1. The molecule has 1 aliphatic rings. The fourth-order valence-corrected chi connectivity index (χ4v) is 2.58. The quantitative estimate of drug-likeness (QED) is 0.471. The van der Waals surface area contributed by atoms with Gasteiger partial charge in [0, 0.05) is 17.9 Å². The van der Waals surface area contributed by atoms with Crippen molar-refractivity contribution in [3.8, 4) is 0 Å².